The van der Waals surface area contributed by atoms with Crippen LogP contribution in [-0.2, 0) is 11.2 Å². The number of aliphatic hydroxyl groups is 1. The van der Waals surface area contributed by atoms with E-state index in [1.54, 1.807) is 24.3 Å². The molecule has 0 bridgehead atoms. The van der Waals surface area contributed by atoms with Crippen molar-refractivity contribution in [2.24, 2.45) is 5.92 Å². The molecule has 0 radical (unpaired) electrons. The minimum absolute atomic E-state index is 0.130. The Morgan fingerprint density at radius 3 is 2.76 bits per heavy atom. The molecule has 1 unspecified atom stereocenters. The Kier molecular flexibility index (Phi) is 3.64. The van der Waals surface area contributed by atoms with Crippen molar-refractivity contribution in [3.05, 3.63) is 29.8 Å². The maximum Gasteiger partial charge on any atom is 0.224 e. The summed E-state index contributed by atoms with van der Waals surface area (Å²) in [5.41, 5.74) is 0.603. The Labute approximate surface area is 100 Å². The van der Waals surface area contributed by atoms with Gasteiger partial charge < -0.3 is 15.5 Å². The number of nitrogens with one attached hydrogen (secondary N) is 1. The van der Waals surface area contributed by atoms with E-state index < -0.39 is 6.10 Å². The summed E-state index contributed by atoms with van der Waals surface area (Å²) < 4.78 is 0. The third-order valence-electron chi connectivity index (χ3n) is 3.02. The lowest BCUT2D eigenvalue weighted by Crippen LogP contribution is -2.34. The Hall–Kier alpha value is -1.55. The summed E-state index contributed by atoms with van der Waals surface area (Å²) in [7, 11) is 0. The number of phenols is 1. The number of carbonyl (C=O) groups is 1. The van der Waals surface area contributed by atoms with Crippen LogP contribution in [0.1, 0.15) is 18.4 Å². The van der Waals surface area contributed by atoms with E-state index in [-0.39, 0.29) is 18.1 Å². The third-order valence-corrected chi connectivity index (χ3v) is 3.02. The van der Waals surface area contributed by atoms with Gasteiger partial charge in [-0.05, 0) is 24.8 Å². The predicted molar refractivity (Wildman–Crippen MR) is 63.6 cm³/mol. The summed E-state index contributed by atoms with van der Waals surface area (Å²) in [5, 5.41) is 21.8. The largest absolute Gasteiger partial charge is 0.508 e. The molecule has 0 heterocycles. The normalized spacial score (nSPS) is 16.5. The van der Waals surface area contributed by atoms with E-state index in [9.17, 15) is 15.0 Å². The smallest absolute Gasteiger partial charge is 0.224 e. The molecule has 1 aromatic rings. The van der Waals surface area contributed by atoms with Gasteiger partial charge in [0.2, 0.25) is 5.91 Å². The minimum Gasteiger partial charge on any atom is -0.508 e. The van der Waals surface area contributed by atoms with Gasteiger partial charge in [0.1, 0.15) is 5.75 Å². The van der Waals surface area contributed by atoms with Gasteiger partial charge in [0.15, 0.2) is 0 Å². The van der Waals surface area contributed by atoms with Gasteiger partial charge in [-0.3, -0.25) is 4.79 Å². The molecule has 1 amide bonds. The molecule has 92 valence electrons. The second-order valence-electron chi connectivity index (χ2n) is 4.51. The van der Waals surface area contributed by atoms with Crippen LogP contribution in [0, 0.1) is 5.92 Å². The van der Waals surface area contributed by atoms with Crippen LogP contribution < -0.4 is 5.32 Å². The molecule has 0 aliphatic heterocycles. The maximum absolute atomic E-state index is 11.6. The molecule has 0 aromatic heterocycles. The molecule has 1 saturated carbocycles. The standard InChI is InChI=1S/C13H17NO3/c15-11-4-2-1-3-10(11)7-13(17)14-8-12(16)9-5-6-9/h1-4,9,12,15-16H,5-8H2,(H,14,17). The van der Waals surface area contributed by atoms with E-state index >= 15 is 0 Å². The van der Waals surface area contributed by atoms with Gasteiger partial charge in [-0.1, -0.05) is 18.2 Å². The zero-order chi connectivity index (χ0) is 12.3. The van der Waals surface area contributed by atoms with E-state index in [4.69, 9.17) is 0 Å². The molecule has 1 fully saturated rings. The highest BCUT2D eigenvalue weighted by molar-refractivity contribution is 5.79. The Morgan fingerprint density at radius 2 is 2.12 bits per heavy atom. The quantitative estimate of drug-likeness (QED) is 0.707. The number of carbonyl (C=O) groups excluding carboxylic acids is 1. The monoisotopic (exact) mass is 235 g/mol. The molecule has 2 rings (SSSR count). The summed E-state index contributed by atoms with van der Waals surface area (Å²) in [6.07, 6.45) is 1.82. The van der Waals surface area contributed by atoms with Crippen molar-refractivity contribution >= 4 is 5.91 Å². The van der Waals surface area contributed by atoms with E-state index in [0.717, 1.165) is 12.8 Å². The first-order chi connectivity index (χ1) is 8.16. The van der Waals surface area contributed by atoms with E-state index in [1.165, 1.54) is 0 Å². The van der Waals surface area contributed by atoms with Crippen molar-refractivity contribution in [1.82, 2.24) is 5.32 Å². The number of aliphatic hydroxyl groups excluding tert-OH is 1. The number of hydrogen-bond acceptors (Lipinski definition) is 3. The van der Waals surface area contributed by atoms with Gasteiger partial charge in [-0.2, -0.15) is 0 Å². The Bertz CT molecular complexity index is 401. The summed E-state index contributed by atoms with van der Waals surface area (Å²) in [6.45, 7) is 0.303. The number of aromatic hydroxyl groups is 1. The zero-order valence-corrected chi connectivity index (χ0v) is 9.60. The highest BCUT2D eigenvalue weighted by Crippen LogP contribution is 2.32. The lowest BCUT2D eigenvalue weighted by atomic mass is 10.1. The van der Waals surface area contributed by atoms with Crippen molar-refractivity contribution < 1.29 is 15.0 Å². The van der Waals surface area contributed by atoms with Crippen LogP contribution in [0.25, 0.3) is 0 Å². The van der Waals surface area contributed by atoms with Crippen LogP contribution in [0.3, 0.4) is 0 Å². The fourth-order valence-electron chi connectivity index (χ4n) is 1.76. The lowest BCUT2D eigenvalue weighted by Gasteiger charge is -2.11. The maximum atomic E-state index is 11.6. The number of phenolic OH excluding ortho intramolecular Hbond substituents is 1. The highest BCUT2D eigenvalue weighted by atomic mass is 16.3. The minimum atomic E-state index is -0.427. The van der Waals surface area contributed by atoms with Crippen LogP contribution in [-0.4, -0.2) is 28.8 Å². The first kappa shape index (κ1) is 11.9. The molecule has 4 heteroatoms. The van der Waals surface area contributed by atoms with Gasteiger partial charge in [0.05, 0.1) is 12.5 Å². The molecule has 1 aromatic carbocycles. The molecule has 4 nitrogen and oxygen atoms in total. The van der Waals surface area contributed by atoms with Crippen LogP contribution in [0.5, 0.6) is 5.75 Å². The van der Waals surface area contributed by atoms with E-state index in [1.807, 2.05) is 0 Å². The molecule has 1 aliphatic carbocycles. The molecule has 1 aliphatic rings. The summed E-state index contributed by atoms with van der Waals surface area (Å²) in [6, 6.07) is 6.77. The first-order valence-corrected chi connectivity index (χ1v) is 5.88. The predicted octanol–water partition coefficient (Wildman–Crippen LogP) is 0.822. The van der Waals surface area contributed by atoms with Crippen molar-refractivity contribution in [3.63, 3.8) is 0 Å². The van der Waals surface area contributed by atoms with Gasteiger partial charge in [0, 0.05) is 12.1 Å². The molecule has 0 spiro atoms. The van der Waals surface area contributed by atoms with Crippen LogP contribution in [0.2, 0.25) is 0 Å². The topological polar surface area (TPSA) is 69.6 Å². The number of amides is 1. The summed E-state index contributed by atoms with van der Waals surface area (Å²) >= 11 is 0. The first-order valence-electron chi connectivity index (χ1n) is 5.88. The molecular formula is C13H17NO3. The Balaban J connectivity index is 1.78. The highest BCUT2D eigenvalue weighted by Gasteiger charge is 2.29. The fourth-order valence-corrected chi connectivity index (χ4v) is 1.76. The SMILES string of the molecule is O=C(Cc1ccccc1O)NCC(O)C1CC1. The van der Waals surface area contributed by atoms with Gasteiger partial charge in [-0.15, -0.1) is 0 Å². The number of para-hydroxylation sites is 1. The number of rotatable bonds is 5. The van der Waals surface area contributed by atoms with Gasteiger partial charge in [-0.25, -0.2) is 0 Å². The van der Waals surface area contributed by atoms with E-state index in [2.05, 4.69) is 5.32 Å². The van der Waals surface area contributed by atoms with Gasteiger partial charge in [0.25, 0.3) is 0 Å². The molecule has 0 saturated heterocycles. The van der Waals surface area contributed by atoms with Crippen molar-refractivity contribution in [1.29, 1.82) is 0 Å². The van der Waals surface area contributed by atoms with Crippen LogP contribution >= 0.6 is 0 Å². The third kappa shape index (κ3) is 3.46. The molecule has 17 heavy (non-hydrogen) atoms. The summed E-state index contributed by atoms with van der Waals surface area (Å²) in [4.78, 5) is 11.6. The second-order valence-corrected chi connectivity index (χ2v) is 4.51. The molecular weight excluding hydrogens is 218 g/mol. The van der Waals surface area contributed by atoms with E-state index in [0.29, 0.717) is 18.0 Å². The van der Waals surface area contributed by atoms with Gasteiger partial charge >= 0.3 is 0 Å². The van der Waals surface area contributed by atoms with Crippen LogP contribution in [0.15, 0.2) is 24.3 Å². The molecule has 3 N–H and O–H groups in total. The number of hydrogen-bond donors (Lipinski definition) is 3. The van der Waals surface area contributed by atoms with Crippen molar-refractivity contribution in [2.75, 3.05) is 6.54 Å². The fraction of sp³-hybridized carbons (Fsp3) is 0.462. The summed E-state index contributed by atoms with van der Waals surface area (Å²) in [5.74, 6) is 0.317. The lowest BCUT2D eigenvalue weighted by molar-refractivity contribution is -0.121. The second kappa shape index (κ2) is 5.19. The average Bonchev–Trinajstić information content (AvgIpc) is 3.13. The van der Waals surface area contributed by atoms with Crippen molar-refractivity contribution in [2.45, 2.75) is 25.4 Å². The Morgan fingerprint density at radius 1 is 1.41 bits per heavy atom. The average molecular weight is 235 g/mol. The van der Waals surface area contributed by atoms with Crippen LogP contribution in [0.4, 0.5) is 0 Å². The molecule has 1 atom stereocenters. The zero-order valence-electron chi connectivity index (χ0n) is 9.60. The number of benzene rings is 1. The van der Waals surface area contributed by atoms with Crippen molar-refractivity contribution in [3.8, 4) is 5.75 Å².